The Hall–Kier alpha value is -3.13. The molecule has 1 amide bonds. The van der Waals surface area contributed by atoms with Gasteiger partial charge in [0.05, 0.1) is 11.1 Å². The summed E-state index contributed by atoms with van der Waals surface area (Å²) in [7, 11) is 0. The fourth-order valence-corrected chi connectivity index (χ4v) is 2.29. The third kappa shape index (κ3) is 4.70. The molecule has 0 aliphatic carbocycles. The second kappa shape index (κ2) is 8.30. The van der Waals surface area contributed by atoms with Gasteiger partial charge in [-0.1, -0.05) is 23.7 Å². The number of phenols is 1. The van der Waals surface area contributed by atoms with Crippen LogP contribution in [0.25, 0.3) is 0 Å². The molecule has 2 N–H and O–H groups in total. The van der Waals surface area contributed by atoms with E-state index in [0.717, 1.165) is 23.4 Å². The van der Waals surface area contributed by atoms with Crippen molar-refractivity contribution in [1.29, 1.82) is 0 Å². The standard InChI is InChI=1S/C17H16ClN3O5/c1-10-4-3-5-15(11(10)2)26-9-16(22)20-19-8-12-6-13(18)7-14(17(12)23)21(24)25/h3-8,23H,9H2,1-2H3,(H,20,22)/b19-8+. The van der Waals surface area contributed by atoms with Gasteiger partial charge < -0.3 is 9.84 Å². The summed E-state index contributed by atoms with van der Waals surface area (Å²) in [5.74, 6) is -0.533. The first-order valence-corrected chi connectivity index (χ1v) is 7.85. The summed E-state index contributed by atoms with van der Waals surface area (Å²) in [5, 5.41) is 24.4. The lowest BCUT2D eigenvalue weighted by Gasteiger charge is -2.09. The third-order valence-electron chi connectivity index (χ3n) is 3.59. The quantitative estimate of drug-likeness (QED) is 0.456. The van der Waals surface area contributed by atoms with Gasteiger partial charge in [-0.05, 0) is 37.1 Å². The molecule has 2 aromatic rings. The van der Waals surface area contributed by atoms with Gasteiger partial charge >= 0.3 is 5.69 Å². The Morgan fingerprint density at radius 2 is 2.15 bits per heavy atom. The van der Waals surface area contributed by atoms with Crippen LogP contribution in [0.3, 0.4) is 0 Å². The van der Waals surface area contributed by atoms with Gasteiger partial charge in [0.25, 0.3) is 5.91 Å². The highest BCUT2D eigenvalue weighted by molar-refractivity contribution is 6.31. The molecule has 0 atom stereocenters. The smallest absolute Gasteiger partial charge is 0.312 e. The van der Waals surface area contributed by atoms with Crippen LogP contribution in [0.1, 0.15) is 16.7 Å². The minimum Gasteiger partial charge on any atom is -0.502 e. The first-order chi connectivity index (χ1) is 12.3. The van der Waals surface area contributed by atoms with E-state index in [4.69, 9.17) is 16.3 Å². The largest absolute Gasteiger partial charge is 0.502 e. The second-order valence-electron chi connectivity index (χ2n) is 5.40. The van der Waals surface area contributed by atoms with E-state index in [1.165, 1.54) is 6.07 Å². The summed E-state index contributed by atoms with van der Waals surface area (Å²) < 4.78 is 5.43. The van der Waals surface area contributed by atoms with Gasteiger partial charge in [-0.15, -0.1) is 0 Å². The lowest BCUT2D eigenvalue weighted by molar-refractivity contribution is -0.385. The highest BCUT2D eigenvalue weighted by Gasteiger charge is 2.17. The number of nitro groups is 1. The lowest BCUT2D eigenvalue weighted by atomic mass is 10.1. The number of hydrogen-bond donors (Lipinski definition) is 2. The molecule has 0 bridgehead atoms. The van der Waals surface area contributed by atoms with Crippen LogP contribution in [0.2, 0.25) is 5.02 Å². The molecule has 0 heterocycles. The molecule has 0 fully saturated rings. The zero-order valence-electron chi connectivity index (χ0n) is 14.0. The van der Waals surface area contributed by atoms with Gasteiger partial charge in [-0.25, -0.2) is 5.43 Å². The molecule has 0 radical (unpaired) electrons. The van der Waals surface area contributed by atoms with E-state index in [9.17, 15) is 20.0 Å². The fourth-order valence-electron chi connectivity index (χ4n) is 2.07. The zero-order valence-corrected chi connectivity index (χ0v) is 14.8. The van der Waals surface area contributed by atoms with Crippen LogP contribution in [0.5, 0.6) is 11.5 Å². The average molecular weight is 378 g/mol. The maximum Gasteiger partial charge on any atom is 0.312 e. The van der Waals surface area contributed by atoms with Gasteiger partial charge in [0.1, 0.15) is 5.75 Å². The maximum absolute atomic E-state index is 11.8. The summed E-state index contributed by atoms with van der Waals surface area (Å²) in [5.41, 5.74) is 3.63. The minimum absolute atomic E-state index is 0.0000491. The maximum atomic E-state index is 11.8. The molecular formula is C17H16ClN3O5. The van der Waals surface area contributed by atoms with Crippen LogP contribution in [-0.4, -0.2) is 28.8 Å². The number of rotatable bonds is 6. The van der Waals surface area contributed by atoms with Crippen molar-refractivity contribution in [2.24, 2.45) is 5.10 Å². The molecule has 0 aliphatic heterocycles. The number of carbonyl (C=O) groups excluding carboxylic acids is 1. The minimum atomic E-state index is -0.769. The van der Waals surface area contributed by atoms with E-state index in [1.54, 1.807) is 6.07 Å². The molecule has 0 aromatic heterocycles. The number of ether oxygens (including phenoxy) is 1. The summed E-state index contributed by atoms with van der Waals surface area (Å²) >= 11 is 5.77. The van der Waals surface area contributed by atoms with Crippen LogP contribution < -0.4 is 10.2 Å². The topological polar surface area (TPSA) is 114 Å². The molecule has 0 saturated heterocycles. The molecule has 9 heteroatoms. The van der Waals surface area contributed by atoms with Crippen molar-refractivity contribution in [1.82, 2.24) is 5.43 Å². The number of hydrogen-bond acceptors (Lipinski definition) is 6. The first-order valence-electron chi connectivity index (χ1n) is 7.47. The average Bonchev–Trinajstić information content (AvgIpc) is 2.58. The molecular weight excluding hydrogens is 362 g/mol. The van der Waals surface area contributed by atoms with Gasteiger partial charge in [0, 0.05) is 16.7 Å². The Morgan fingerprint density at radius 3 is 2.85 bits per heavy atom. The number of aromatic hydroxyl groups is 1. The van der Waals surface area contributed by atoms with Crippen molar-refractivity contribution in [3.05, 3.63) is 62.2 Å². The molecule has 0 spiro atoms. The van der Waals surface area contributed by atoms with Crippen molar-refractivity contribution >= 4 is 29.4 Å². The molecule has 8 nitrogen and oxygen atoms in total. The van der Waals surface area contributed by atoms with Gasteiger partial charge in [-0.2, -0.15) is 5.10 Å². The Balaban J connectivity index is 1.99. The second-order valence-corrected chi connectivity index (χ2v) is 5.84. The van der Waals surface area contributed by atoms with E-state index in [-0.39, 0.29) is 17.2 Å². The summed E-state index contributed by atoms with van der Waals surface area (Å²) in [6.07, 6.45) is 1.06. The van der Waals surface area contributed by atoms with E-state index in [0.29, 0.717) is 5.75 Å². The molecule has 136 valence electrons. The Morgan fingerprint density at radius 1 is 1.42 bits per heavy atom. The van der Waals surface area contributed by atoms with E-state index in [2.05, 4.69) is 10.5 Å². The fraction of sp³-hybridized carbons (Fsp3) is 0.176. The van der Waals surface area contributed by atoms with E-state index in [1.807, 2.05) is 26.0 Å². The molecule has 2 rings (SSSR count). The summed E-state index contributed by atoms with van der Waals surface area (Å²) in [4.78, 5) is 21.9. The van der Waals surface area contributed by atoms with Crippen LogP contribution in [0, 0.1) is 24.0 Å². The Kier molecular flexibility index (Phi) is 6.13. The predicted octanol–water partition coefficient (Wildman–Crippen LogP) is 3.10. The third-order valence-corrected chi connectivity index (χ3v) is 3.81. The molecule has 2 aromatic carbocycles. The summed E-state index contributed by atoms with van der Waals surface area (Å²) in [6.45, 7) is 3.56. The number of halogens is 1. The number of nitrogens with one attached hydrogen (secondary N) is 1. The van der Waals surface area contributed by atoms with Crippen LogP contribution in [0.15, 0.2) is 35.4 Å². The van der Waals surface area contributed by atoms with Gasteiger partial charge in [-0.3, -0.25) is 14.9 Å². The van der Waals surface area contributed by atoms with E-state index < -0.39 is 22.3 Å². The normalized spacial score (nSPS) is 10.7. The molecule has 26 heavy (non-hydrogen) atoms. The number of phenolic OH excluding ortho intramolecular Hbond substituents is 1. The molecule has 0 aliphatic rings. The number of benzene rings is 2. The zero-order chi connectivity index (χ0) is 19.3. The van der Waals surface area contributed by atoms with Crippen LogP contribution in [-0.2, 0) is 4.79 Å². The Labute approximate surface area is 154 Å². The monoisotopic (exact) mass is 377 g/mol. The van der Waals surface area contributed by atoms with Crippen LogP contribution in [0.4, 0.5) is 5.69 Å². The van der Waals surface area contributed by atoms with E-state index >= 15 is 0 Å². The van der Waals surface area contributed by atoms with Gasteiger partial charge in [0.15, 0.2) is 6.61 Å². The highest BCUT2D eigenvalue weighted by Crippen LogP contribution is 2.32. The number of hydrazone groups is 1. The predicted molar refractivity (Wildman–Crippen MR) is 96.9 cm³/mol. The SMILES string of the molecule is Cc1cccc(OCC(=O)N/N=C/c2cc(Cl)cc([N+](=O)[O-])c2O)c1C. The van der Waals surface area contributed by atoms with Crippen molar-refractivity contribution in [3.63, 3.8) is 0 Å². The number of nitro benzene ring substituents is 1. The lowest BCUT2D eigenvalue weighted by Crippen LogP contribution is -2.24. The number of nitrogens with zero attached hydrogens (tertiary/aromatic N) is 2. The Bertz CT molecular complexity index is 883. The number of aryl methyl sites for hydroxylation is 1. The highest BCUT2D eigenvalue weighted by atomic mass is 35.5. The van der Waals surface area contributed by atoms with Crippen molar-refractivity contribution in [2.75, 3.05) is 6.61 Å². The van der Waals surface area contributed by atoms with Crippen molar-refractivity contribution < 1.29 is 19.6 Å². The molecule has 0 saturated carbocycles. The first kappa shape index (κ1) is 19.2. The number of carbonyl (C=O) groups is 1. The molecule has 0 unspecified atom stereocenters. The summed E-state index contributed by atoms with van der Waals surface area (Å²) in [6, 6.07) is 7.81. The van der Waals surface area contributed by atoms with Crippen LogP contribution >= 0.6 is 11.6 Å². The van der Waals surface area contributed by atoms with Crippen molar-refractivity contribution in [2.45, 2.75) is 13.8 Å². The number of amides is 1. The van der Waals surface area contributed by atoms with Crippen molar-refractivity contribution in [3.8, 4) is 11.5 Å². The van der Waals surface area contributed by atoms with Gasteiger partial charge in [0.2, 0.25) is 5.75 Å².